The fourth-order valence-corrected chi connectivity index (χ4v) is 0.801. The quantitative estimate of drug-likeness (QED) is 0.253. The highest BCUT2D eigenvalue weighted by atomic mass is 16.4. The third kappa shape index (κ3) is 3.24. The molecule has 92 valence electrons. The van der Waals surface area contributed by atoms with Gasteiger partial charge in [-0.2, -0.15) is 0 Å². The maximum Gasteiger partial charge on any atom is 0.375 e. The van der Waals surface area contributed by atoms with Crippen molar-refractivity contribution in [2.24, 2.45) is 0 Å². The SMILES string of the molecule is O=C(O)C(=O)[C@H](O)[C@@H](O)[C@@H](O)[C@H](O)C(=O)O. The Hall–Kier alpha value is -1.55. The molecule has 4 atom stereocenters. The first kappa shape index (κ1) is 14.5. The number of carbonyl (C=O) groups is 3. The van der Waals surface area contributed by atoms with E-state index in [1.165, 1.54) is 0 Å². The largest absolute Gasteiger partial charge is 0.479 e. The summed E-state index contributed by atoms with van der Waals surface area (Å²) >= 11 is 0. The average molecular weight is 238 g/mol. The second-order valence-electron chi connectivity index (χ2n) is 2.88. The van der Waals surface area contributed by atoms with Crippen LogP contribution in [0.4, 0.5) is 0 Å². The molecule has 0 bridgehead atoms. The number of Topliss-reactive ketones (excluding diaryl/α,β-unsaturated/α-hetero) is 1. The van der Waals surface area contributed by atoms with Crippen LogP contribution in [0.1, 0.15) is 0 Å². The van der Waals surface area contributed by atoms with E-state index in [1.807, 2.05) is 0 Å². The van der Waals surface area contributed by atoms with E-state index in [-0.39, 0.29) is 0 Å². The zero-order chi connectivity index (χ0) is 13.0. The fraction of sp³-hybridized carbons (Fsp3) is 0.571. The van der Waals surface area contributed by atoms with Gasteiger partial charge in [-0.25, -0.2) is 9.59 Å². The molecular weight excluding hydrogens is 228 g/mol. The highest BCUT2D eigenvalue weighted by molar-refractivity contribution is 6.34. The molecule has 0 aromatic carbocycles. The molecular formula is C7H10O9. The molecule has 9 heteroatoms. The summed E-state index contributed by atoms with van der Waals surface area (Å²) in [6.45, 7) is 0. The van der Waals surface area contributed by atoms with Gasteiger partial charge in [0, 0.05) is 0 Å². The first-order valence-corrected chi connectivity index (χ1v) is 3.92. The molecule has 16 heavy (non-hydrogen) atoms. The van der Waals surface area contributed by atoms with Gasteiger partial charge in [0.15, 0.2) is 12.2 Å². The number of hydrogen-bond acceptors (Lipinski definition) is 7. The van der Waals surface area contributed by atoms with Crippen LogP contribution in [0.2, 0.25) is 0 Å². The van der Waals surface area contributed by atoms with Crippen molar-refractivity contribution in [2.45, 2.75) is 24.4 Å². The number of hydrogen-bond donors (Lipinski definition) is 6. The Morgan fingerprint density at radius 1 is 0.750 bits per heavy atom. The van der Waals surface area contributed by atoms with Crippen molar-refractivity contribution in [1.82, 2.24) is 0 Å². The van der Waals surface area contributed by atoms with Gasteiger partial charge in [-0.1, -0.05) is 0 Å². The van der Waals surface area contributed by atoms with Crippen molar-refractivity contribution < 1.29 is 45.0 Å². The molecule has 0 rings (SSSR count). The number of carboxylic acid groups (broad SMARTS) is 2. The lowest BCUT2D eigenvalue weighted by atomic mass is 10.0. The van der Waals surface area contributed by atoms with Crippen LogP contribution in [0.15, 0.2) is 0 Å². The van der Waals surface area contributed by atoms with Gasteiger partial charge in [-0.3, -0.25) is 4.79 Å². The van der Waals surface area contributed by atoms with E-state index in [9.17, 15) is 14.4 Å². The number of carboxylic acids is 2. The Bertz CT molecular complexity index is 298. The molecule has 0 amide bonds. The third-order valence-corrected chi connectivity index (χ3v) is 1.73. The number of rotatable bonds is 6. The highest BCUT2D eigenvalue weighted by Gasteiger charge is 2.39. The van der Waals surface area contributed by atoms with E-state index in [0.29, 0.717) is 0 Å². The van der Waals surface area contributed by atoms with Gasteiger partial charge in [-0.15, -0.1) is 0 Å². The zero-order valence-electron chi connectivity index (χ0n) is 7.72. The molecule has 0 saturated carbocycles. The second-order valence-corrected chi connectivity index (χ2v) is 2.88. The van der Waals surface area contributed by atoms with Crippen LogP contribution in [-0.4, -0.2) is 72.8 Å². The lowest BCUT2D eigenvalue weighted by Crippen LogP contribution is -2.51. The summed E-state index contributed by atoms with van der Waals surface area (Å²) in [5, 5.41) is 52.0. The molecule has 0 aromatic rings. The maximum atomic E-state index is 10.6. The highest BCUT2D eigenvalue weighted by Crippen LogP contribution is 2.06. The van der Waals surface area contributed by atoms with Crippen molar-refractivity contribution in [3.05, 3.63) is 0 Å². The molecule has 0 radical (unpaired) electrons. The summed E-state index contributed by atoms with van der Waals surface area (Å²) < 4.78 is 0. The zero-order valence-corrected chi connectivity index (χ0v) is 7.72. The normalized spacial score (nSPS) is 18.2. The minimum Gasteiger partial charge on any atom is -0.479 e. The topological polar surface area (TPSA) is 173 Å². The number of carbonyl (C=O) groups excluding carboxylic acids is 1. The van der Waals surface area contributed by atoms with Crippen LogP contribution in [0.3, 0.4) is 0 Å². The fourth-order valence-electron chi connectivity index (χ4n) is 0.801. The van der Waals surface area contributed by atoms with E-state index >= 15 is 0 Å². The number of aliphatic hydroxyl groups excluding tert-OH is 4. The minimum atomic E-state index is -2.53. The van der Waals surface area contributed by atoms with Crippen LogP contribution in [0, 0.1) is 0 Å². The standard InChI is InChI=1S/C7H10O9/c8-1(2(9)4(11)6(13)14)3(10)5(12)7(15)16/h1-4,8-11H,(H,13,14)(H,15,16)/t1-,2+,3+,4-/m0/s1. The van der Waals surface area contributed by atoms with Crippen molar-refractivity contribution in [3.63, 3.8) is 0 Å². The van der Waals surface area contributed by atoms with Crippen LogP contribution >= 0.6 is 0 Å². The van der Waals surface area contributed by atoms with Gasteiger partial charge < -0.3 is 30.6 Å². The summed E-state index contributed by atoms with van der Waals surface area (Å²) in [6, 6.07) is 0. The van der Waals surface area contributed by atoms with Crippen molar-refractivity contribution in [2.75, 3.05) is 0 Å². The summed E-state index contributed by atoms with van der Waals surface area (Å²) in [4.78, 5) is 30.9. The first-order valence-electron chi connectivity index (χ1n) is 3.92. The third-order valence-electron chi connectivity index (χ3n) is 1.73. The molecule has 0 aromatic heterocycles. The number of aliphatic carboxylic acids is 2. The monoisotopic (exact) mass is 238 g/mol. The molecule has 6 N–H and O–H groups in total. The summed E-state index contributed by atoms with van der Waals surface area (Å²) in [5.74, 6) is -5.80. The predicted octanol–water partition coefficient (Wildman–Crippen LogP) is -3.83. The van der Waals surface area contributed by atoms with E-state index in [0.717, 1.165) is 0 Å². The van der Waals surface area contributed by atoms with Gasteiger partial charge >= 0.3 is 11.9 Å². The molecule has 0 unspecified atom stereocenters. The molecule has 0 aliphatic rings. The molecule has 0 aliphatic carbocycles. The lowest BCUT2D eigenvalue weighted by Gasteiger charge is -2.22. The number of aliphatic hydroxyl groups is 4. The van der Waals surface area contributed by atoms with E-state index in [4.69, 9.17) is 30.6 Å². The Kier molecular flexibility index (Phi) is 4.98. The Morgan fingerprint density at radius 2 is 1.12 bits per heavy atom. The van der Waals surface area contributed by atoms with Crippen molar-refractivity contribution in [1.29, 1.82) is 0 Å². The van der Waals surface area contributed by atoms with Crippen LogP contribution < -0.4 is 0 Å². The van der Waals surface area contributed by atoms with Gasteiger partial charge in [0.05, 0.1) is 0 Å². The maximum absolute atomic E-state index is 10.6. The Morgan fingerprint density at radius 3 is 1.44 bits per heavy atom. The van der Waals surface area contributed by atoms with E-state index < -0.39 is 42.1 Å². The van der Waals surface area contributed by atoms with Crippen molar-refractivity contribution >= 4 is 17.7 Å². The van der Waals surface area contributed by atoms with Gasteiger partial charge in [0.2, 0.25) is 0 Å². The first-order chi connectivity index (χ1) is 7.20. The molecule has 0 heterocycles. The van der Waals surface area contributed by atoms with E-state index in [1.54, 1.807) is 0 Å². The number of ketones is 1. The summed E-state index contributed by atoms with van der Waals surface area (Å²) in [7, 11) is 0. The lowest BCUT2D eigenvalue weighted by molar-refractivity contribution is -0.169. The molecule has 0 spiro atoms. The van der Waals surface area contributed by atoms with Crippen LogP contribution in [0.25, 0.3) is 0 Å². The molecule has 0 aliphatic heterocycles. The van der Waals surface area contributed by atoms with Gasteiger partial charge in [-0.05, 0) is 0 Å². The Labute approximate surface area is 88.2 Å². The molecule has 0 saturated heterocycles. The van der Waals surface area contributed by atoms with Crippen LogP contribution in [-0.2, 0) is 14.4 Å². The summed E-state index contributed by atoms with van der Waals surface area (Å²) in [5.41, 5.74) is 0. The Balaban J connectivity index is 4.67. The van der Waals surface area contributed by atoms with Gasteiger partial charge in [0.25, 0.3) is 5.78 Å². The smallest absolute Gasteiger partial charge is 0.375 e. The summed E-state index contributed by atoms with van der Waals surface area (Å²) in [6.07, 6.45) is -9.79. The van der Waals surface area contributed by atoms with Gasteiger partial charge in [0.1, 0.15) is 12.2 Å². The van der Waals surface area contributed by atoms with Crippen LogP contribution in [0.5, 0.6) is 0 Å². The predicted molar refractivity (Wildman–Crippen MR) is 44.3 cm³/mol. The molecule has 0 fully saturated rings. The molecule has 9 nitrogen and oxygen atoms in total. The van der Waals surface area contributed by atoms with E-state index in [2.05, 4.69) is 0 Å². The minimum absolute atomic E-state index is 1.83. The van der Waals surface area contributed by atoms with Crippen molar-refractivity contribution in [3.8, 4) is 0 Å². The second kappa shape index (κ2) is 5.51. The average Bonchev–Trinajstić information content (AvgIpc) is 2.23.